The van der Waals surface area contributed by atoms with Crippen LogP contribution in [0.2, 0.25) is 5.28 Å². The van der Waals surface area contributed by atoms with Crippen LogP contribution in [-0.4, -0.2) is 36.3 Å². The van der Waals surface area contributed by atoms with Crippen LogP contribution in [0, 0.1) is 6.92 Å². The summed E-state index contributed by atoms with van der Waals surface area (Å²) in [7, 11) is 2.06. The molecule has 1 aromatic heterocycles. The zero-order valence-corrected chi connectivity index (χ0v) is 10.4. The number of hydrogen-bond acceptors (Lipinski definition) is 4. The molecular weight excluding hydrogens is 226 g/mol. The number of ether oxygens (including phenoxy) is 1. The summed E-state index contributed by atoms with van der Waals surface area (Å²) in [6.07, 6.45) is 3.84. The molecule has 1 fully saturated rings. The van der Waals surface area contributed by atoms with Crippen molar-refractivity contribution in [2.24, 2.45) is 0 Å². The van der Waals surface area contributed by atoms with Gasteiger partial charge in [0.05, 0.1) is 0 Å². The van der Waals surface area contributed by atoms with Gasteiger partial charge in [-0.3, -0.25) is 0 Å². The largest absolute Gasteiger partial charge is 0.381 e. The topological polar surface area (TPSA) is 38.2 Å². The minimum absolute atomic E-state index is 0.305. The van der Waals surface area contributed by atoms with Crippen LogP contribution in [0.25, 0.3) is 0 Å². The fourth-order valence-corrected chi connectivity index (χ4v) is 2.14. The highest BCUT2D eigenvalue weighted by Gasteiger charge is 2.21. The van der Waals surface area contributed by atoms with Crippen LogP contribution in [0.15, 0.2) is 6.20 Å². The predicted molar refractivity (Wildman–Crippen MR) is 64.0 cm³/mol. The molecule has 1 aliphatic heterocycles. The highest BCUT2D eigenvalue weighted by molar-refractivity contribution is 6.28. The minimum Gasteiger partial charge on any atom is -0.381 e. The lowest BCUT2D eigenvalue weighted by Crippen LogP contribution is -2.37. The molecule has 0 aromatic carbocycles. The Morgan fingerprint density at radius 3 is 2.81 bits per heavy atom. The molecule has 1 aromatic rings. The van der Waals surface area contributed by atoms with Gasteiger partial charge in [0.1, 0.15) is 5.82 Å². The van der Waals surface area contributed by atoms with Crippen LogP contribution >= 0.6 is 11.6 Å². The summed E-state index contributed by atoms with van der Waals surface area (Å²) in [5, 5.41) is 0.305. The van der Waals surface area contributed by atoms with Crippen LogP contribution in [0.1, 0.15) is 18.4 Å². The van der Waals surface area contributed by atoms with E-state index in [1.165, 1.54) is 0 Å². The van der Waals surface area contributed by atoms with Gasteiger partial charge >= 0.3 is 0 Å². The van der Waals surface area contributed by atoms with E-state index in [2.05, 4.69) is 21.9 Å². The second-order valence-corrected chi connectivity index (χ2v) is 4.44. The van der Waals surface area contributed by atoms with E-state index in [1.807, 2.05) is 6.92 Å². The Labute approximate surface area is 101 Å². The van der Waals surface area contributed by atoms with Gasteiger partial charge in [-0.25, -0.2) is 9.97 Å². The fourth-order valence-electron chi connectivity index (χ4n) is 2.01. The Morgan fingerprint density at radius 1 is 1.44 bits per heavy atom. The molecule has 0 amide bonds. The van der Waals surface area contributed by atoms with Crippen molar-refractivity contribution >= 4 is 17.4 Å². The van der Waals surface area contributed by atoms with Crippen LogP contribution in [0.5, 0.6) is 0 Å². The lowest BCUT2D eigenvalue weighted by molar-refractivity contribution is 0.0853. The molecule has 88 valence electrons. The Bertz CT molecular complexity index is 366. The van der Waals surface area contributed by atoms with E-state index in [4.69, 9.17) is 16.3 Å². The molecule has 0 spiro atoms. The van der Waals surface area contributed by atoms with Crippen LogP contribution in [-0.2, 0) is 4.74 Å². The highest BCUT2D eigenvalue weighted by Crippen LogP contribution is 2.22. The van der Waals surface area contributed by atoms with Gasteiger partial charge in [-0.1, -0.05) is 0 Å². The molecule has 0 atom stereocenters. The maximum absolute atomic E-state index is 5.83. The normalized spacial score (nSPS) is 17.4. The van der Waals surface area contributed by atoms with Crippen molar-refractivity contribution in [3.63, 3.8) is 0 Å². The van der Waals surface area contributed by atoms with E-state index in [-0.39, 0.29) is 0 Å². The number of aryl methyl sites for hydroxylation is 1. The summed E-state index contributed by atoms with van der Waals surface area (Å²) >= 11 is 5.83. The summed E-state index contributed by atoms with van der Waals surface area (Å²) in [4.78, 5) is 10.4. The molecule has 1 saturated heterocycles. The smallest absolute Gasteiger partial charge is 0.224 e. The maximum Gasteiger partial charge on any atom is 0.224 e. The van der Waals surface area contributed by atoms with Gasteiger partial charge in [0, 0.05) is 38.1 Å². The first kappa shape index (κ1) is 11.6. The van der Waals surface area contributed by atoms with Crippen molar-refractivity contribution < 1.29 is 4.74 Å². The lowest BCUT2D eigenvalue weighted by Gasteiger charge is -2.32. The van der Waals surface area contributed by atoms with Crippen molar-refractivity contribution in [3.05, 3.63) is 17.0 Å². The molecule has 2 rings (SSSR count). The second-order valence-electron chi connectivity index (χ2n) is 4.10. The number of nitrogens with zero attached hydrogens (tertiary/aromatic N) is 3. The predicted octanol–water partition coefficient (Wildman–Crippen LogP) is 2.05. The molecule has 2 heterocycles. The molecule has 5 heteroatoms. The van der Waals surface area contributed by atoms with Crippen LogP contribution < -0.4 is 4.90 Å². The molecule has 0 bridgehead atoms. The quantitative estimate of drug-likeness (QED) is 0.743. The summed E-state index contributed by atoms with van der Waals surface area (Å²) < 4.78 is 5.35. The summed E-state index contributed by atoms with van der Waals surface area (Å²) in [5.74, 6) is 0.923. The van der Waals surface area contributed by atoms with Gasteiger partial charge < -0.3 is 9.64 Å². The average Bonchev–Trinajstić information content (AvgIpc) is 2.32. The van der Waals surface area contributed by atoms with E-state index >= 15 is 0 Å². The van der Waals surface area contributed by atoms with E-state index in [0.29, 0.717) is 11.3 Å². The maximum atomic E-state index is 5.83. The lowest BCUT2D eigenvalue weighted by atomic mass is 10.1. The zero-order chi connectivity index (χ0) is 11.5. The third-order valence-corrected chi connectivity index (χ3v) is 3.17. The molecular formula is C11H16ClN3O. The molecule has 4 nitrogen and oxygen atoms in total. The molecule has 0 aliphatic carbocycles. The highest BCUT2D eigenvalue weighted by atomic mass is 35.5. The van der Waals surface area contributed by atoms with Gasteiger partial charge in [0.15, 0.2) is 0 Å². The minimum atomic E-state index is 0.305. The number of halogens is 1. The number of anilines is 1. The molecule has 16 heavy (non-hydrogen) atoms. The first-order valence-corrected chi connectivity index (χ1v) is 5.86. The molecule has 0 unspecified atom stereocenters. The Balaban J connectivity index is 2.18. The van der Waals surface area contributed by atoms with Crippen molar-refractivity contribution in [3.8, 4) is 0 Å². The number of rotatable bonds is 2. The third-order valence-electron chi connectivity index (χ3n) is 2.99. The Kier molecular flexibility index (Phi) is 3.61. The van der Waals surface area contributed by atoms with Gasteiger partial charge in [0.25, 0.3) is 0 Å². The van der Waals surface area contributed by atoms with Crippen molar-refractivity contribution in [2.75, 3.05) is 25.2 Å². The van der Waals surface area contributed by atoms with Gasteiger partial charge in [-0.05, 0) is 31.4 Å². The first-order chi connectivity index (χ1) is 7.68. The van der Waals surface area contributed by atoms with Crippen LogP contribution in [0.3, 0.4) is 0 Å². The summed E-state index contributed by atoms with van der Waals surface area (Å²) in [6, 6.07) is 0.485. The summed E-state index contributed by atoms with van der Waals surface area (Å²) in [6.45, 7) is 3.65. The zero-order valence-electron chi connectivity index (χ0n) is 9.61. The summed E-state index contributed by atoms with van der Waals surface area (Å²) in [5.41, 5.74) is 1.05. The van der Waals surface area contributed by atoms with Crippen molar-refractivity contribution in [1.82, 2.24) is 9.97 Å². The van der Waals surface area contributed by atoms with E-state index in [1.54, 1.807) is 6.20 Å². The SMILES string of the molecule is Cc1cnc(Cl)nc1N(C)C1CCOCC1. The van der Waals surface area contributed by atoms with Crippen LogP contribution in [0.4, 0.5) is 5.82 Å². The third kappa shape index (κ3) is 2.44. The molecule has 0 saturated carbocycles. The molecule has 0 radical (unpaired) electrons. The Hall–Kier alpha value is -0.870. The second kappa shape index (κ2) is 4.97. The number of aromatic nitrogens is 2. The van der Waals surface area contributed by atoms with Gasteiger partial charge in [-0.2, -0.15) is 0 Å². The molecule has 0 N–H and O–H groups in total. The standard InChI is InChI=1S/C11H16ClN3O/c1-8-7-13-11(12)14-10(8)15(2)9-3-5-16-6-4-9/h7,9H,3-6H2,1-2H3. The number of hydrogen-bond donors (Lipinski definition) is 0. The van der Waals surface area contributed by atoms with E-state index < -0.39 is 0 Å². The Morgan fingerprint density at radius 2 is 2.12 bits per heavy atom. The van der Waals surface area contributed by atoms with Crippen molar-refractivity contribution in [2.45, 2.75) is 25.8 Å². The molecule has 1 aliphatic rings. The van der Waals surface area contributed by atoms with Gasteiger partial charge in [0.2, 0.25) is 5.28 Å². The average molecular weight is 242 g/mol. The first-order valence-electron chi connectivity index (χ1n) is 5.48. The van der Waals surface area contributed by atoms with Gasteiger partial charge in [-0.15, -0.1) is 0 Å². The monoisotopic (exact) mass is 241 g/mol. The van der Waals surface area contributed by atoms with E-state index in [9.17, 15) is 0 Å². The van der Waals surface area contributed by atoms with Crippen molar-refractivity contribution in [1.29, 1.82) is 0 Å². The van der Waals surface area contributed by atoms with E-state index in [0.717, 1.165) is 37.4 Å². The fraction of sp³-hybridized carbons (Fsp3) is 0.636.